The number of H-pyrrole nitrogens is 1. The number of aromatic amines is 1. The Morgan fingerprint density at radius 2 is 2.17 bits per heavy atom. The third-order valence-electron chi connectivity index (χ3n) is 5.47. The molecular weight excluding hydrogens is 351 g/mol. The molecule has 1 aromatic rings. The Morgan fingerprint density at radius 3 is 2.88 bits per heavy atom. The molecule has 0 saturated carbocycles. The van der Waals surface area contributed by atoms with Gasteiger partial charge in [0.15, 0.2) is 0 Å². The summed E-state index contributed by atoms with van der Waals surface area (Å²) in [5.74, 6) is 0.831. The summed E-state index contributed by atoms with van der Waals surface area (Å²) < 4.78 is 6.13. The minimum atomic E-state index is -0.240. The maximum absolute atomic E-state index is 12.5. The molecule has 0 aromatic carbocycles. The SMILES string of the molecule is Cl.Cl.O=C(CC1CCNC1)N1CCC2(CC1)OCCc1cn[nH]c12. The van der Waals surface area contributed by atoms with Crippen LogP contribution < -0.4 is 5.32 Å². The predicted octanol–water partition coefficient (Wildman–Crippen LogP) is 1.64. The van der Waals surface area contributed by atoms with Gasteiger partial charge in [0, 0.05) is 19.5 Å². The summed E-state index contributed by atoms with van der Waals surface area (Å²) in [5.41, 5.74) is 2.18. The molecule has 1 spiro atoms. The first-order chi connectivity index (χ1) is 10.8. The van der Waals surface area contributed by atoms with Crippen LogP contribution in [0.4, 0.5) is 0 Å². The lowest BCUT2D eigenvalue weighted by molar-refractivity contribution is -0.142. The van der Waals surface area contributed by atoms with Crippen molar-refractivity contribution < 1.29 is 9.53 Å². The van der Waals surface area contributed by atoms with Gasteiger partial charge < -0.3 is 15.0 Å². The molecule has 1 amide bonds. The highest BCUT2D eigenvalue weighted by Gasteiger charge is 2.43. The van der Waals surface area contributed by atoms with Gasteiger partial charge in [0.05, 0.1) is 18.5 Å². The van der Waals surface area contributed by atoms with Gasteiger partial charge in [-0.15, -0.1) is 24.8 Å². The molecule has 0 aliphatic carbocycles. The van der Waals surface area contributed by atoms with Crippen LogP contribution in [-0.4, -0.2) is 53.8 Å². The largest absolute Gasteiger partial charge is 0.368 e. The molecule has 8 heteroatoms. The van der Waals surface area contributed by atoms with Crippen molar-refractivity contribution in [2.24, 2.45) is 5.92 Å². The highest BCUT2D eigenvalue weighted by molar-refractivity contribution is 5.85. The van der Waals surface area contributed by atoms with E-state index < -0.39 is 0 Å². The zero-order valence-corrected chi connectivity index (χ0v) is 15.4. The number of aromatic nitrogens is 2. The number of nitrogens with zero attached hydrogens (tertiary/aromatic N) is 2. The van der Waals surface area contributed by atoms with Crippen molar-refractivity contribution in [2.45, 2.75) is 37.7 Å². The fourth-order valence-corrected chi connectivity index (χ4v) is 4.10. The molecule has 3 aliphatic rings. The lowest BCUT2D eigenvalue weighted by atomic mass is 9.83. The van der Waals surface area contributed by atoms with Crippen molar-refractivity contribution in [1.29, 1.82) is 0 Å². The maximum Gasteiger partial charge on any atom is 0.222 e. The Balaban J connectivity index is 0.00000104. The van der Waals surface area contributed by atoms with Crippen LogP contribution in [0.3, 0.4) is 0 Å². The second-order valence-electron chi connectivity index (χ2n) is 6.81. The summed E-state index contributed by atoms with van der Waals surface area (Å²) in [6.07, 6.45) is 6.42. The standard InChI is InChI=1S/C16H24N4O2.2ClH/c21-14(9-12-1-5-17-10-12)20-6-3-16(4-7-20)15-13(2-8-22-16)11-18-19-15;;/h11-12,17H,1-10H2,(H,18,19);2*1H. The molecule has 0 radical (unpaired) electrons. The molecule has 24 heavy (non-hydrogen) atoms. The maximum atomic E-state index is 12.5. The Kier molecular flexibility index (Phi) is 6.53. The van der Waals surface area contributed by atoms with Crippen LogP contribution >= 0.6 is 24.8 Å². The van der Waals surface area contributed by atoms with Crippen molar-refractivity contribution in [3.8, 4) is 0 Å². The van der Waals surface area contributed by atoms with Crippen LogP contribution in [0.5, 0.6) is 0 Å². The summed E-state index contributed by atoms with van der Waals surface area (Å²) in [7, 11) is 0. The van der Waals surface area contributed by atoms with E-state index in [0.29, 0.717) is 18.2 Å². The van der Waals surface area contributed by atoms with Gasteiger partial charge in [0.2, 0.25) is 5.91 Å². The number of rotatable bonds is 2. The van der Waals surface area contributed by atoms with Gasteiger partial charge in [-0.05, 0) is 50.3 Å². The third-order valence-corrected chi connectivity index (χ3v) is 5.47. The lowest BCUT2D eigenvalue weighted by Crippen LogP contribution is -2.48. The van der Waals surface area contributed by atoms with E-state index in [1.807, 2.05) is 11.1 Å². The molecule has 1 atom stereocenters. The molecule has 0 bridgehead atoms. The molecule has 2 N–H and O–H groups in total. The first kappa shape index (κ1) is 19.5. The van der Waals surface area contributed by atoms with Crippen molar-refractivity contribution in [2.75, 3.05) is 32.8 Å². The first-order valence-corrected chi connectivity index (χ1v) is 8.42. The average molecular weight is 377 g/mol. The Hall–Kier alpha value is -0.820. The molecule has 1 unspecified atom stereocenters. The van der Waals surface area contributed by atoms with E-state index in [-0.39, 0.29) is 30.4 Å². The van der Waals surface area contributed by atoms with Crippen LogP contribution in [0.15, 0.2) is 6.20 Å². The fraction of sp³-hybridized carbons (Fsp3) is 0.750. The first-order valence-electron chi connectivity index (χ1n) is 8.42. The molecule has 2 saturated heterocycles. The highest BCUT2D eigenvalue weighted by Crippen LogP contribution is 2.40. The van der Waals surface area contributed by atoms with E-state index in [1.165, 1.54) is 5.56 Å². The fourth-order valence-electron chi connectivity index (χ4n) is 4.10. The Morgan fingerprint density at radius 1 is 1.38 bits per heavy atom. The normalized spacial score (nSPS) is 24.8. The number of halogens is 2. The van der Waals surface area contributed by atoms with E-state index in [1.54, 1.807) is 0 Å². The van der Waals surface area contributed by atoms with Gasteiger partial charge >= 0.3 is 0 Å². The predicted molar refractivity (Wildman–Crippen MR) is 95.8 cm³/mol. The number of carbonyl (C=O) groups excluding carboxylic acids is 1. The summed E-state index contributed by atoms with van der Waals surface area (Å²) in [6.45, 7) is 4.38. The molecule has 4 heterocycles. The second-order valence-corrected chi connectivity index (χ2v) is 6.81. The number of amides is 1. The van der Waals surface area contributed by atoms with E-state index >= 15 is 0 Å². The topological polar surface area (TPSA) is 70.2 Å². The minimum absolute atomic E-state index is 0. The number of hydrogen-bond acceptors (Lipinski definition) is 4. The summed E-state index contributed by atoms with van der Waals surface area (Å²) >= 11 is 0. The van der Waals surface area contributed by atoms with Crippen LogP contribution in [-0.2, 0) is 21.6 Å². The molecule has 3 aliphatic heterocycles. The van der Waals surface area contributed by atoms with Crippen molar-refractivity contribution in [1.82, 2.24) is 20.4 Å². The van der Waals surface area contributed by atoms with E-state index in [0.717, 1.165) is 64.2 Å². The Labute approximate surface area is 154 Å². The van der Waals surface area contributed by atoms with Gasteiger partial charge in [-0.3, -0.25) is 9.89 Å². The van der Waals surface area contributed by atoms with Crippen molar-refractivity contribution in [3.63, 3.8) is 0 Å². The number of nitrogens with one attached hydrogen (secondary N) is 2. The Bertz CT molecular complexity index is 552. The van der Waals surface area contributed by atoms with Gasteiger partial charge in [0.1, 0.15) is 5.60 Å². The molecular formula is C16H26Cl2N4O2. The van der Waals surface area contributed by atoms with Crippen LogP contribution in [0.2, 0.25) is 0 Å². The number of carbonyl (C=O) groups is 1. The van der Waals surface area contributed by atoms with Gasteiger partial charge in [-0.1, -0.05) is 0 Å². The number of fused-ring (bicyclic) bond motifs is 2. The number of piperidine rings is 1. The molecule has 6 nitrogen and oxygen atoms in total. The van der Waals surface area contributed by atoms with E-state index in [4.69, 9.17) is 4.74 Å². The second kappa shape index (κ2) is 8.04. The third kappa shape index (κ3) is 3.57. The average Bonchev–Trinajstić information content (AvgIpc) is 3.20. The van der Waals surface area contributed by atoms with Gasteiger partial charge in [0.25, 0.3) is 0 Å². The van der Waals surface area contributed by atoms with Crippen LogP contribution in [0, 0.1) is 5.92 Å². The van der Waals surface area contributed by atoms with Crippen molar-refractivity contribution in [3.05, 3.63) is 17.5 Å². The number of likely N-dealkylation sites (tertiary alicyclic amines) is 1. The zero-order valence-electron chi connectivity index (χ0n) is 13.8. The molecule has 2 fully saturated rings. The summed E-state index contributed by atoms with van der Waals surface area (Å²) in [6, 6.07) is 0. The van der Waals surface area contributed by atoms with Gasteiger partial charge in [-0.25, -0.2) is 0 Å². The van der Waals surface area contributed by atoms with E-state index in [2.05, 4.69) is 15.5 Å². The summed E-state index contributed by atoms with van der Waals surface area (Å²) in [5, 5.41) is 10.7. The van der Waals surface area contributed by atoms with E-state index in [9.17, 15) is 4.79 Å². The lowest BCUT2D eigenvalue weighted by Gasteiger charge is -2.43. The monoisotopic (exact) mass is 376 g/mol. The zero-order chi connectivity index (χ0) is 15.0. The quantitative estimate of drug-likeness (QED) is 0.822. The minimum Gasteiger partial charge on any atom is -0.368 e. The van der Waals surface area contributed by atoms with Crippen LogP contribution in [0.1, 0.15) is 36.9 Å². The van der Waals surface area contributed by atoms with Gasteiger partial charge in [-0.2, -0.15) is 5.10 Å². The van der Waals surface area contributed by atoms with Crippen LogP contribution in [0.25, 0.3) is 0 Å². The smallest absolute Gasteiger partial charge is 0.222 e. The number of hydrogen-bond donors (Lipinski definition) is 2. The molecule has 1 aromatic heterocycles. The highest BCUT2D eigenvalue weighted by atomic mass is 35.5. The summed E-state index contributed by atoms with van der Waals surface area (Å²) in [4.78, 5) is 14.5. The van der Waals surface area contributed by atoms with Crippen molar-refractivity contribution >= 4 is 30.7 Å². The molecule has 136 valence electrons. The molecule has 4 rings (SSSR count). The number of ether oxygens (including phenoxy) is 1.